The van der Waals surface area contributed by atoms with Gasteiger partial charge in [0.2, 0.25) is 11.8 Å². The second kappa shape index (κ2) is 11.2. The van der Waals surface area contributed by atoms with E-state index in [-0.39, 0.29) is 29.6 Å². The van der Waals surface area contributed by atoms with Crippen LogP contribution in [0.15, 0.2) is 58.1 Å². The fourth-order valence-electron chi connectivity index (χ4n) is 5.53. The monoisotopic (exact) mass is 502 g/mol. The highest BCUT2D eigenvalue weighted by atomic mass is 16.2. The third-order valence-electron chi connectivity index (χ3n) is 7.55. The van der Waals surface area contributed by atoms with Crippen LogP contribution < -0.4 is 21.5 Å². The Morgan fingerprint density at radius 3 is 2.38 bits per heavy atom. The summed E-state index contributed by atoms with van der Waals surface area (Å²) in [5, 5.41) is 3.59. The Morgan fingerprint density at radius 1 is 0.892 bits per heavy atom. The highest BCUT2D eigenvalue weighted by Crippen LogP contribution is 2.22. The zero-order valence-electron chi connectivity index (χ0n) is 21.2. The molecule has 0 atom stereocenters. The smallest absolute Gasteiger partial charge is 0.331 e. The van der Waals surface area contributed by atoms with Gasteiger partial charge >= 0.3 is 5.69 Å². The Morgan fingerprint density at radius 2 is 1.65 bits per heavy atom. The summed E-state index contributed by atoms with van der Waals surface area (Å²) in [5.74, 6) is 0.187. The molecule has 2 fully saturated rings. The number of anilines is 1. The maximum Gasteiger partial charge on any atom is 0.331 e. The average Bonchev–Trinajstić information content (AvgIpc) is 3.58. The van der Waals surface area contributed by atoms with E-state index in [1.165, 1.54) is 17.4 Å². The average molecular weight is 503 g/mol. The van der Waals surface area contributed by atoms with Gasteiger partial charge in [0.05, 0.1) is 17.4 Å². The molecule has 2 aromatic carbocycles. The molecule has 1 N–H and O–H groups in total. The number of benzene rings is 2. The molecule has 2 heterocycles. The molecule has 0 unspecified atom stereocenters. The Balaban J connectivity index is 1.32. The van der Waals surface area contributed by atoms with Gasteiger partial charge in [-0.1, -0.05) is 37.1 Å². The number of hydrogen-bond acceptors (Lipinski definition) is 4. The third-order valence-corrected chi connectivity index (χ3v) is 7.55. The molecule has 5 rings (SSSR count). The van der Waals surface area contributed by atoms with Gasteiger partial charge < -0.3 is 10.2 Å². The lowest BCUT2D eigenvalue weighted by atomic mass is 10.1. The molecule has 8 heteroatoms. The first-order valence-corrected chi connectivity index (χ1v) is 13.4. The summed E-state index contributed by atoms with van der Waals surface area (Å²) in [6.45, 7) is 1.32. The lowest BCUT2D eigenvalue weighted by Crippen LogP contribution is -2.40. The van der Waals surface area contributed by atoms with Crippen molar-refractivity contribution in [1.29, 1.82) is 0 Å². The van der Waals surface area contributed by atoms with Crippen LogP contribution in [0.5, 0.6) is 0 Å². The zero-order chi connectivity index (χ0) is 25.8. The van der Waals surface area contributed by atoms with Gasteiger partial charge in [-0.3, -0.25) is 23.5 Å². The molecule has 1 aliphatic carbocycles. The van der Waals surface area contributed by atoms with Crippen LogP contribution in [0.4, 0.5) is 5.69 Å². The Labute approximate surface area is 215 Å². The number of nitrogens with zero attached hydrogens (tertiary/aromatic N) is 3. The maximum atomic E-state index is 13.5. The van der Waals surface area contributed by atoms with E-state index < -0.39 is 0 Å². The van der Waals surface area contributed by atoms with Crippen molar-refractivity contribution in [1.82, 2.24) is 14.5 Å². The molecule has 37 heavy (non-hydrogen) atoms. The van der Waals surface area contributed by atoms with E-state index in [9.17, 15) is 19.2 Å². The minimum Gasteiger partial charge on any atom is -0.353 e. The molecule has 3 aromatic rings. The van der Waals surface area contributed by atoms with Gasteiger partial charge in [-0.15, -0.1) is 0 Å². The summed E-state index contributed by atoms with van der Waals surface area (Å²) in [4.78, 5) is 52.7. The SMILES string of the molecule is O=C(CCCCn1c(=O)c2ccccc2n(Cc2ccc(N3CCCC3=O)cc2)c1=O)NC1CCCC1. The Kier molecular flexibility index (Phi) is 7.53. The zero-order valence-corrected chi connectivity index (χ0v) is 21.2. The van der Waals surface area contributed by atoms with Gasteiger partial charge in [-0.2, -0.15) is 0 Å². The van der Waals surface area contributed by atoms with Crippen LogP contribution in [0.3, 0.4) is 0 Å². The third kappa shape index (κ3) is 5.53. The first-order valence-electron chi connectivity index (χ1n) is 13.4. The lowest BCUT2D eigenvalue weighted by Gasteiger charge is -2.17. The van der Waals surface area contributed by atoms with Crippen molar-refractivity contribution in [2.75, 3.05) is 11.4 Å². The van der Waals surface area contributed by atoms with E-state index >= 15 is 0 Å². The summed E-state index contributed by atoms with van der Waals surface area (Å²) in [6.07, 6.45) is 7.49. The van der Waals surface area contributed by atoms with Gasteiger partial charge in [0, 0.05) is 37.7 Å². The van der Waals surface area contributed by atoms with Crippen molar-refractivity contribution in [3.63, 3.8) is 0 Å². The Hall–Kier alpha value is -3.68. The van der Waals surface area contributed by atoms with E-state index in [1.54, 1.807) is 27.7 Å². The molecule has 1 saturated heterocycles. The quantitative estimate of drug-likeness (QED) is 0.453. The number of fused-ring (bicyclic) bond motifs is 1. The second-order valence-electron chi connectivity index (χ2n) is 10.2. The minimum atomic E-state index is -0.349. The number of rotatable bonds is 9. The number of unbranched alkanes of at least 4 members (excludes halogenated alkanes) is 1. The number of hydrogen-bond donors (Lipinski definition) is 1. The van der Waals surface area contributed by atoms with Gasteiger partial charge in [-0.05, 0) is 61.9 Å². The number of amides is 2. The first-order chi connectivity index (χ1) is 18.0. The number of carbonyl (C=O) groups is 2. The highest BCUT2D eigenvalue weighted by Gasteiger charge is 2.21. The molecule has 8 nitrogen and oxygen atoms in total. The fourth-order valence-corrected chi connectivity index (χ4v) is 5.53. The summed E-state index contributed by atoms with van der Waals surface area (Å²) in [5.41, 5.74) is 1.73. The predicted octanol–water partition coefficient (Wildman–Crippen LogP) is 3.57. The molecule has 0 spiro atoms. The van der Waals surface area contributed by atoms with Gasteiger partial charge in [0.25, 0.3) is 5.56 Å². The van der Waals surface area contributed by atoms with Crippen LogP contribution in [-0.2, 0) is 22.7 Å². The van der Waals surface area contributed by atoms with Crippen molar-refractivity contribution >= 4 is 28.4 Å². The summed E-state index contributed by atoms with van der Waals surface area (Å²) < 4.78 is 2.94. The molecule has 2 amide bonds. The largest absolute Gasteiger partial charge is 0.353 e. The van der Waals surface area contributed by atoms with E-state index in [2.05, 4.69) is 5.32 Å². The number of para-hydroxylation sites is 1. The van der Waals surface area contributed by atoms with Crippen molar-refractivity contribution in [2.45, 2.75) is 76.9 Å². The second-order valence-corrected chi connectivity index (χ2v) is 10.2. The predicted molar refractivity (Wildman–Crippen MR) is 144 cm³/mol. The van der Waals surface area contributed by atoms with Gasteiger partial charge in [0.1, 0.15) is 0 Å². The molecular weight excluding hydrogens is 468 g/mol. The summed E-state index contributed by atoms with van der Waals surface area (Å²) in [7, 11) is 0. The van der Waals surface area contributed by atoms with E-state index in [4.69, 9.17) is 0 Å². The molecule has 0 radical (unpaired) electrons. The molecule has 194 valence electrons. The standard InChI is InChI=1S/C29H34N4O4/c34-26(30-22-8-1-2-9-22)12-5-6-18-32-28(36)24-10-3-4-11-25(24)33(29(32)37)20-21-14-16-23(17-15-21)31-19-7-13-27(31)35/h3-4,10-11,14-17,22H,1-2,5-9,12-13,18-20H2,(H,30,34). The van der Waals surface area contributed by atoms with Crippen LogP contribution in [0, 0.1) is 0 Å². The van der Waals surface area contributed by atoms with Crippen LogP contribution >= 0.6 is 0 Å². The summed E-state index contributed by atoms with van der Waals surface area (Å²) in [6, 6.07) is 15.2. The van der Waals surface area contributed by atoms with Gasteiger partial charge in [0.15, 0.2) is 0 Å². The van der Waals surface area contributed by atoms with Crippen molar-refractivity contribution in [3.05, 3.63) is 74.9 Å². The van der Waals surface area contributed by atoms with Crippen molar-refractivity contribution in [3.8, 4) is 0 Å². The minimum absolute atomic E-state index is 0.0502. The van der Waals surface area contributed by atoms with Crippen LogP contribution in [0.25, 0.3) is 10.9 Å². The van der Waals surface area contributed by atoms with Gasteiger partial charge in [-0.25, -0.2) is 4.79 Å². The lowest BCUT2D eigenvalue weighted by molar-refractivity contribution is -0.122. The van der Waals surface area contributed by atoms with E-state index in [0.29, 0.717) is 49.2 Å². The van der Waals surface area contributed by atoms with Crippen LogP contribution in [0.2, 0.25) is 0 Å². The molecule has 1 aromatic heterocycles. The molecule has 1 saturated carbocycles. The van der Waals surface area contributed by atoms with Crippen molar-refractivity contribution in [2.24, 2.45) is 0 Å². The highest BCUT2D eigenvalue weighted by molar-refractivity contribution is 5.95. The van der Waals surface area contributed by atoms with E-state index in [0.717, 1.165) is 37.1 Å². The first kappa shape index (κ1) is 25.0. The molecular formula is C29H34N4O4. The molecule has 0 bridgehead atoms. The maximum absolute atomic E-state index is 13.5. The number of carbonyl (C=O) groups excluding carboxylic acids is 2. The van der Waals surface area contributed by atoms with Crippen LogP contribution in [0.1, 0.15) is 63.4 Å². The topological polar surface area (TPSA) is 93.4 Å². The summed E-state index contributed by atoms with van der Waals surface area (Å²) >= 11 is 0. The number of aromatic nitrogens is 2. The molecule has 2 aliphatic rings. The Bertz CT molecular complexity index is 1400. The fraction of sp³-hybridized carbons (Fsp3) is 0.448. The molecule has 1 aliphatic heterocycles. The van der Waals surface area contributed by atoms with Crippen molar-refractivity contribution < 1.29 is 9.59 Å². The normalized spacial score (nSPS) is 16.1. The number of nitrogens with one attached hydrogen (secondary N) is 1. The van der Waals surface area contributed by atoms with Crippen LogP contribution in [-0.4, -0.2) is 33.5 Å². The van der Waals surface area contributed by atoms with E-state index in [1.807, 2.05) is 30.3 Å².